The Morgan fingerprint density at radius 2 is 1.84 bits per heavy atom. The van der Waals surface area contributed by atoms with Crippen LogP contribution < -0.4 is 10.1 Å². The molecule has 0 bridgehead atoms. The van der Waals surface area contributed by atoms with Crippen molar-refractivity contribution < 1.29 is 13.9 Å². The van der Waals surface area contributed by atoms with E-state index in [1.54, 1.807) is 19.4 Å². The number of methoxy groups -OCH3 is 1. The molecule has 0 atom stereocenters. The minimum atomic E-state index is -0.116. The number of fused-ring (bicyclic) bond motifs is 2. The van der Waals surface area contributed by atoms with E-state index in [1.807, 2.05) is 39.8 Å². The Labute approximate surface area is 182 Å². The molecule has 0 aliphatic heterocycles. The Kier molecular flexibility index (Phi) is 5.55. The van der Waals surface area contributed by atoms with Crippen molar-refractivity contribution in [3.8, 4) is 16.9 Å². The summed E-state index contributed by atoms with van der Waals surface area (Å²) in [4.78, 5) is 12.3. The molecular weight excluding hydrogens is 386 g/mol. The van der Waals surface area contributed by atoms with Crippen molar-refractivity contribution in [3.63, 3.8) is 0 Å². The lowest BCUT2D eigenvalue weighted by atomic mass is 9.95. The van der Waals surface area contributed by atoms with Crippen LogP contribution in [-0.4, -0.2) is 19.1 Å². The number of ether oxygens (including phenoxy) is 1. The Morgan fingerprint density at radius 1 is 1.10 bits per heavy atom. The highest BCUT2D eigenvalue weighted by Gasteiger charge is 2.19. The fourth-order valence-electron chi connectivity index (χ4n) is 4.05. The van der Waals surface area contributed by atoms with Gasteiger partial charge in [0.15, 0.2) is 0 Å². The number of carbonyl (C=O) groups is 1. The van der Waals surface area contributed by atoms with E-state index < -0.39 is 0 Å². The summed E-state index contributed by atoms with van der Waals surface area (Å²) in [5.41, 5.74) is 5.54. The van der Waals surface area contributed by atoms with Crippen molar-refractivity contribution in [2.45, 2.75) is 33.7 Å². The molecule has 0 aliphatic carbocycles. The third-order valence-corrected chi connectivity index (χ3v) is 5.51. The molecule has 1 amide bonds. The van der Waals surface area contributed by atoms with Crippen molar-refractivity contribution in [3.05, 3.63) is 72.0 Å². The summed E-state index contributed by atoms with van der Waals surface area (Å²) in [7, 11) is 1.65. The molecule has 1 aromatic heterocycles. The maximum Gasteiger partial charge on any atom is 0.244 e. The van der Waals surface area contributed by atoms with Gasteiger partial charge in [0.05, 0.1) is 13.4 Å². The molecule has 0 spiro atoms. The lowest BCUT2D eigenvalue weighted by Gasteiger charge is -2.14. The van der Waals surface area contributed by atoms with Crippen LogP contribution in [0.25, 0.3) is 38.4 Å². The Balaban J connectivity index is 1.88. The van der Waals surface area contributed by atoms with E-state index in [1.165, 1.54) is 10.8 Å². The largest absolute Gasteiger partial charge is 0.496 e. The predicted molar refractivity (Wildman–Crippen MR) is 127 cm³/mol. The summed E-state index contributed by atoms with van der Waals surface area (Å²) in [5, 5.41) is 6.29. The number of hydrogen-bond acceptors (Lipinski definition) is 3. The molecule has 0 fully saturated rings. The van der Waals surface area contributed by atoms with Crippen molar-refractivity contribution >= 4 is 33.2 Å². The number of benzene rings is 3. The third kappa shape index (κ3) is 3.93. The SMILES string of the molecule is COc1c(/C(C)=C/C(=O)NC(C)C)cc2c(-c3ccc4ccccc4c3)coc2c1C. The van der Waals surface area contributed by atoms with Crippen molar-refractivity contribution in [1.82, 2.24) is 5.32 Å². The Hall–Kier alpha value is -3.53. The lowest BCUT2D eigenvalue weighted by molar-refractivity contribution is -0.116. The van der Waals surface area contributed by atoms with Crippen LogP contribution in [0.4, 0.5) is 0 Å². The quantitative estimate of drug-likeness (QED) is 0.380. The maximum atomic E-state index is 12.3. The monoisotopic (exact) mass is 413 g/mol. The molecular formula is C27H27NO3. The fraction of sp³-hybridized carbons (Fsp3) is 0.222. The zero-order chi connectivity index (χ0) is 22.1. The van der Waals surface area contributed by atoms with Gasteiger partial charge in [0.2, 0.25) is 5.91 Å². The minimum Gasteiger partial charge on any atom is -0.496 e. The van der Waals surface area contributed by atoms with Crippen LogP contribution in [-0.2, 0) is 4.79 Å². The van der Waals surface area contributed by atoms with Gasteiger partial charge >= 0.3 is 0 Å². The predicted octanol–water partition coefficient (Wildman–Crippen LogP) is 6.50. The van der Waals surface area contributed by atoms with Crippen LogP contribution in [0.15, 0.2) is 65.3 Å². The molecule has 1 N–H and O–H groups in total. The zero-order valence-corrected chi connectivity index (χ0v) is 18.6. The molecule has 31 heavy (non-hydrogen) atoms. The molecule has 0 radical (unpaired) electrons. The second-order valence-corrected chi connectivity index (χ2v) is 8.16. The van der Waals surface area contributed by atoms with Gasteiger partial charge in [-0.25, -0.2) is 0 Å². The van der Waals surface area contributed by atoms with Gasteiger partial charge in [-0.3, -0.25) is 4.79 Å². The average molecular weight is 414 g/mol. The number of carbonyl (C=O) groups excluding carboxylic acids is 1. The summed E-state index contributed by atoms with van der Waals surface area (Å²) in [6.45, 7) is 7.80. The van der Waals surface area contributed by atoms with E-state index in [2.05, 4.69) is 41.7 Å². The number of amides is 1. The van der Waals surface area contributed by atoms with Gasteiger partial charge < -0.3 is 14.5 Å². The number of nitrogens with one attached hydrogen (secondary N) is 1. The minimum absolute atomic E-state index is 0.0797. The highest BCUT2D eigenvalue weighted by Crippen LogP contribution is 2.41. The van der Waals surface area contributed by atoms with Crippen LogP contribution in [0, 0.1) is 6.92 Å². The van der Waals surface area contributed by atoms with Crippen LogP contribution in [0.5, 0.6) is 5.75 Å². The first kappa shape index (κ1) is 20.7. The van der Waals surface area contributed by atoms with Gasteiger partial charge in [-0.05, 0) is 61.7 Å². The van der Waals surface area contributed by atoms with E-state index in [4.69, 9.17) is 9.15 Å². The molecule has 0 aliphatic rings. The van der Waals surface area contributed by atoms with Gasteiger partial charge in [-0.1, -0.05) is 36.4 Å². The van der Waals surface area contributed by atoms with E-state index in [0.717, 1.165) is 44.5 Å². The summed E-state index contributed by atoms with van der Waals surface area (Å²) in [6, 6.07) is 16.9. The number of aryl methyl sites for hydroxylation is 1. The number of allylic oxidation sites excluding steroid dienone is 1. The average Bonchev–Trinajstić information content (AvgIpc) is 3.17. The van der Waals surface area contributed by atoms with Crippen molar-refractivity contribution in [1.29, 1.82) is 0 Å². The van der Waals surface area contributed by atoms with E-state index >= 15 is 0 Å². The summed E-state index contributed by atoms with van der Waals surface area (Å²) < 4.78 is 11.7. The van der Waals surface area contributed by atoms with Crippen LogP contribution in [0.2, 0.25) is 0 Å². The molecule has 4 nitrogen and oxygen atoms in total. The first-order chi connectivity index (χ1) is 14.9. The molecule has 3 aromatic carbocycles. The van der Waals surface area contributed by atoms with Crippen LogP contribution in [0.3, 0.4) is 0 Å². The zero-order valence-electron chi connectivity index (χ0n) is 18.6. The van der Waals surface area contributed by atoms with Crippen LogP contribution in [0.1, 0.15) is 31.9 Å². The topological polar surface area (TPSA) is 51.5 Å². The Morgan fingerprint density at radius 3 is 2.55 bits per heavy atom. The summed E-state index contributed by atoms with van der Waals surface area (Å²) >= 11 is 0. The number of hydrogen-bond donors (Lipinski definition) is 1. The fourth-order valence-corrected chi connectivity index (χ4v) is 4.05. The highest BCUT2D eigenvalue weighted by molar-refractivity contribution is 6.02. The Bertz CT molecular complexity index is 1310. The van der Waals surface area contributed by atoms with Crippen molar-refractivity contribution in [2.75, 3.05) is 7.11 Å². The normalized spacial score (nSPS) is 12.0. The van der Waals surface area contributed by atoms with Crippen LogP contribution >= 0.6 is 0 Å². The summed E-state index contributed by atoms with van der Waals surface area (Å²) in [5.74, 6) is 0.604. The molecule has 0 saturated heterocycles. The van der Waals surface area contributed by atoms with Gasteiger partial charge in [-0.15, -0.1) is 0 Å². The highest BCUT2D eigenvalue weighted by atomic mass is 16.5. The number of furan rings is 1. The maximum absolute atomic E-state index is 12.3. The molecule has 1 heterocycles. The van der Waals surface area contributed by atoms with Gasteiger partial charge in [0.1, 0.15) is 11.3 Å². The second-order valence-electron chi connectivity index (χ2n) is 8.16. The first-order valence-electron chi connectivity index (χ1n) is 10.5. The molecule has 4 rings (SSSR count). The summed E-state index contributed by atoms with van der Waals surface area (Å²) in [6.07, 6.45) is 3.43. The number of rotatable bonds is 5. The molecule has 0 saturated carbocycles. The molecule has 4 heteroatoms. The van der Waals surface area contributed by atoms with E-state index in [9.17, 15) is 4.79 Å². The van der Waals surface area contributed by atoms with Crippen molar-refractivity contribution in [2.24, 2.45) is 0 Å². The lowest BCUT2D eigenvalue weighted by Crippen LogP contribution is -2.28. The standard InChI is InChI=1S/C27H27NO3/c1-16(2)28-25(29)12-17(3)22-14-23-24(15-31-27(23)18(4)26(22)30-5)21-11-10-19-8-6-7-9-20(19)13-21/h6-16H,1-5H3,(H,28,29)/b17-12+. The van der Waals surface area contributed by atoms with Gasteiger partial charge in [0, 0.05) is 34.2 Å². The van der Waals surface area contributed by atoms with E-state index in [-0.39, 0.29) is 11.9 Å². The van der Waals surface area contributed by atoms with Gasteiger partial charge in [-0.2, -0.15) is 0 Å². The van der Waals surface area contributed by atoms with E-state index in [0.29, 0.717) is 0 Å². The second kappa shape index (κ2) is 8.31. The molecule has 0 unspecified atom stereocenters. The van der Waals surface area contributed by atoms with Gasteiger partial charge in [0.25, 0.3) is 0 Å². The molecule has 4 aromatic rings. The third-order valence-electron chi connectivity index (χ3n) is 5.51. The smallest absolute Gasteiger partial charge is 0.244 e. The molecule has 158 valence electrons. The first-order valence-corrected chi connectivity index (χ1v) is 10.5.